The fourth-order valence-corrected chi connectivity index (χ4v) is 2.76. The van der Waals surface area contributed by atoms with E-state index >= 15 is 0 Å². The molecular formula is C15H19N3OS. The molecule has 0 saturated heterocycles. The highest BCUT2D eigenvalue weighted by Crippen LogP contribution is 2.23. The van der Waals surface area contributed by atoms with Crippen molar-refractivity contribution in [3.05, 3.63) is 41.7 Å². The number of aromatic nitrogens is 2. The van der Waals surface area contributed by atoms with Crippen LogP contribution in [0.4, 0.5) is 0 Å². The van der Waals surface area contributed by atoms with Crippen molar-refractivity contribution in [2.45, 2.75) is 19.0 Å². The van der Waals surface area contributed by atoms with Gasteiger partial charge in [0.1, 0.15) is 0 Å². The summed E-state index contributed by atoms with van der Waals surface area (Å²) < 4.78 is 2.04. The number of carbonyl (C=O) groups is 1. The van der Waals surface area contributed by atoms with Crippen LogP contribution in [-0.2, 0) is 4.79 Å². The minimum absolute atomic E-state index is 0.0884. The van der Waals surface area contributed by atoms with Gasteiger partial charge in [-0.1, -0.05) is 23.9 Å². The molecule has 0 saturated carbocycles. The predicted molar refractivity (Wildman–Crippen MR) is 82.5 cm³/mol. The number of carbonyl (C=O) groups excluding carboxylic acids is 1. The highest BCUT2D eigenvalue weighted by atomic mass is 32.2. The number of aryl methyl sites for hydroxylation is 2. The SMILES string of the molecule is Cc1ccc(C)c(-n2ccnc2SCC(=O)N(C)C)c1. The minimum atomic E-state index is 0.0884. The zero-order valence-corrected chi connectivity index (χ0v) is 13.1. The van der Waals surface area contributed by atoms with E-state index in [1.54, 1.807) is 25.2 Å². The molecule has 0 unspecified atom stereocenters. The maximum Gasteiger partial charge on any atom is 0.232 e. The Hall–Kier alpha value is -1.75. The number of hydrogen-bond donors (Lipinski definition) is 0. The summed E-state index contributed by atoms with van der Waals surface area (Å²) in [4.78, 5) is 17.6. The molecule has 0 aliphatic rings. The van der Waals surface area contributed by atoms with Crippen molar-refractivity contribution in [1.29, 1.82) is 0 Å². The Kier molecular flexibility index (Phi) is 4.49. The van der Waals surface area contributed by atoms with Gasteiger partial charge in [0.05, 0.1) is 11.4 Å². The Balaban J connectivity index is 2.24. The van der Waals surface area contributed by atoms with Gasteiger partial charge in [-0.25, -0.2) is 4.98 Å². The molecule has 2 aromatic rings. The van der Waals surface area contributed by atoms with Crippen LogP contribution in [0.2, 0.25) is 0 Å². The lowest BCUT2D eigenvalue weighted by atomic mass is 10.1. The Morgan fingerprint density at radius 3 is 2.80 bits per heavy atom. The van der Waals surface area contributed by atoms with E-state index in [1.807, 2.05) is 10.8 Å². The summed E-state index contributed by atoms with van der Waals surface area (Å²) >= 11 is 1.46. The first-order chi connectivity index (χ1) is 9.49. The minimum Gasteiger partial charge on any atom is -0.348 e. The van der Waals surface area contributed by atoms with Crippen molar-refractivity contribution in [2.75, 3.05) is 19.8 Å². The van der Waals surface area contributed by atoms with Crippen LogP contribution in [0.5, 0.6) is 0 Å². The normalized spacial score (nSPS) is 10.6. The van der Waals surface area contributed by atoms with E-state index < -0.39 is 0 Å². The third kappa shape index (κ3) is 3.22. The molecule has 1 aromatic carbocycles. The molecule has 106 valence electrons. The van der Waals surface area contributed by atoms with Gasteiger partial charge in [0.2, 0.25) is 5.91 Å². The highest BCUT2D eigenvalue weighted by molar-refractivity contribution is 7.99. The Bertz CT molecular complexity index is 619. The maximum absolute atomic E-state index is 11.7. The van der Waals surface area contributed by atoms with Crippen molar-refractivity contribution in [3.63, 3.8) is 0 Å². The van der Waals surface area contributed by atoms with Gasteiger partial charge in [-0.3, -0.25) is 9.36 Å². The third-order valence-electron chi connectivity index (χ3n) is 3.05. The number of hydrogen-bond acceptors (Lipinski definition) is 3. The quantitative estimate of drug-likeness (QED) is 0.812. The second-order valence-electron chi connectivity index (χ2n) is 4.95. The van der Waals surface area contributed by atoms with E-state index in [1.165, 1.54) is 22.9 Å². The summed E-state index contributed by atoms with van der Waals surface area (Å²) in [6.45, 7) is 4.15. The van der Waals surface area contributed by atoms with Crippen LogP contribution in [0.1, 0.15) is 11.1 Å². The molecule has 1 heterocycles. The van der Waals surface area contributed by atoms with Crippen LogP contribution in [0, 0.1) is 13.8 Å². The van der Waals surface area contributed by atoms with Crippen molar-refractivity contribution < 1.29 is 4.79 Å². The van der Waals surface area contributed by atoms with Gasteiger partial charge in [-0.15, -0.1) is 0 Å². The molecule has 0 atom stereocenters. The van der Waals surface area contributed by atoms with Gasteiger partial charge in [-0.2, -0.15) is 0 Å². The van der Waals surface area contributed by atoms with Crippen molar-refractivity contribution >= 4 is 17.7 Å². The summed E-state index contributed by atoms with van der Waals surface area (Å²) in [5, 5.41) is 0.842. The van der Waals surface area contributed by atoms with E-state index in [2.05, 4.69) is 37.0 Å². The summed E-state index contributed by atoms with van der Waals surface area (Å²) in [6, 6.07) is 6.33. The Morgan fingerprint density at radius 1 is 1.35 bits per heavy atom. The van der Waals surface area contributed by atoms with Crippen LogP contribution in [0.25, 0.3) is 5.69 Å². The third-order valence-corrected chi connectivity index (χ3v) is 4.01. The number of nitrogens with zero attached hydrogens (tertiary/aromatic N) is 3. The molecule has 0 bridgehead atoms. The fourth-order valence-electron chi connectivity index (χ4n) is 1.81. The summed E-state index contributed by atoms with van der Waals surface area (Å²) in [5.41, 5.74) is 3.51. The van der Waals surface area contributed by atoms with Gasteiger partial charge in [0.25, 0.3) is 0 Å². The van der Waals surface area contributed by atoms with E-state index in [-0.39, 0.29) is 5.91 Å². The van der Waals surface area contributed by atoms with E-state index in [0.717, 1.165) is 10.8 Å². The van der Waals surface area contributed by atoms with Gasteiger partial charge < -0.3 is 4.90 Å². The number of imidazole rings is 1. The highest BCUT2D eigenvalue weighted by Gasteiger charge is 2.11. The molecule has 1 amide bonds. The topological polar surface area (TPSA) is 38.1 Å². The van der Waals surface area contributed by atoms with Gasteiger partial charge in [-0.05, 0) is 31.0 Å². The smallest absolute Gasteiger partial charge is 0.232 e. The largest absolute Gasteiger partial charge is 0.348 e. The Labute approximate surface area is 123 Å². The molecular weight excluding hydrogens is 270 g/mol. The first kappa shape index (κ1) is 14.7. The number of benzene rings is 1. The van der Waals surface area contributed by atoms with E-state index in [0.29, 0.717) is 5.75 Å². The lowest BCUT2D eigenvalue weighted by molar-refractivity contribution is -0.125. The van der Waals surface area contributed by atoms with E-state index in [9.17, 15) is 4.79 Å². The first-order valence-electron chi connectivity index (χ1n) is 6.43. The van der Waals surface area contributed by atoms with Crippen LogP contribution in [0.3, 0.4) is 0 Å². The van der Waals surface area contributed by atoms with Crippen molar-refractivity contribution in [3.8, 4) is 5.69 Å². The van der Waals surface area contributed by atoms with Gasteiger partial charge in [0, 0.05) is 26.5 Å². The molecule has 4 nitrogen and oxygen atoms in total. The lowest BCUT2D eigenvalue weighted by Crippen LogP contribution is -2.23. The van der Waals surface area contributed by atoms with Crippen LogP contribution >= 0.6 is 11.8 Å². The molecule has 1 aromatic heterocycles. The standard InChI is InChI=1S/C15H19N3OS/c1-11-5-6-12(2)13(9-11)18-8-7-16-15(18)20-10-14(19)17(3)4/h5-9H,10H2,1-4H3. The van der Waals surface area contributed by atoms with Crippen LogP contribution in [0.15, 0.2) is 35.7 Å². The molecule has 0 N–H and O–H groups in total. The predicted octanol–water partition coefficient (Wildman–Crippen LogP) is 2.67. The summed E-state index contributed by atoms with van der Waals surface area (Å²) in [6.07, 6.45) is 3.70. The summed E-state index contributed by atoms with van der Waals surface area (Å²) in [5.74, 6) is 0.486. The Morgan fingerprint density at radius 2 is 2.10 bits per heavy atom. The van der Waals surface area contributed by atoms with E-state index in [4.69, 9.17) is 0 Å². The molecule has 0 aliphatic heterocycles. The number of rotatable bonds is 4. The zero-order chi connectivity index (χ0) is 14.7. The maximum atomic E-state index is 11.7. The molecule has 0 radical (unpaired) electrons. The molecule has 0 spiro atoms. The van der Waals surface area contributed by atoms with Gasteiger partial charge in [0.15, 0.2) is 5.16 Å². The summed E-state index contributed by atoms with van der Waals surface area (Å²) in [7, 11) is 3.53. The molecule has 0 fully saturated rings. The average molecular weight is 289 g/mol. The number of amides is 1. The molecule has 2 rings (SSSR count). The number of thioether (sulfide) groups is 1. The van der Waals surface area contributed by atoms with Crippen molar-refractivity contribution in [2.24, 2.45) is 0 Å². The van der Waals surface area contributed by atoms with Gasteiger partial charge >= 0.3 is 0 Å². The zero-order valence-electron chi connectivity index (χ0n) is 12.3. The monoisotopic (exact) mass is 289 g/mol. The average Bonchev–Trinajstić information content (AvgIpc) is 2.86. The second kappa shape index (κ2) is 6.13. The molecule has 20 heavy (non-hydrogen) atoms. The molecule has 0 aliphatic carbocycles. The van der Waals surface area contributed by atoms with Crippen LogP contribution < -0.4 is 0 Å². The fraction of sp³-hybridized carbons (Fsp3) is 0.333. The second-order valence-corrected chi connectivity index (χ2v) is 5.89. The lowest BCUT2D eigenvalue weighted by Gasteiger charge is -2.12. The van der Waals surface area contributed by atoms with Crippen molar-refractivity contribution in [1.82, 2.24) is 14.5 Å². The molecule has 5 heteroatoms. The first-order valence-corrected chi connectivity index (χ1v) is 7.41. The van der Waals surface area contributed by atoms with Crippen LogP contribution in [-0.4, -0.2) is 40.2 Å².